The molecule has 0 atom stereocenters. The van der Waals surface area contributed by atoms with Gasteiger partial charge in [-0.15, -0.1) is 0 Å². The third kappa shape index (κ3) is 6.76. The molecule has 0 heterocycles. The highest BCUT2D eigenvalue weighted by molar-refractivity contribution is 7.89. The minimum absolute atomic E-state index is 0.0632. The van der Waals surface area contributed by atoms with Gasteiger partial charge in [0.2, 0.25) is 10.0 Å². The molecule has 0 aliphatic rings. The molecule has 0 fully saturated rings. The summed E-state index contributed by atoms with van der Waals surface area (Å²) in [5, 5.41) is 12.5. The van der Waals surface area contributed by atoms with Gasteiger partial charge in [-0.05, 0) is 54.7 Å². The van der Waals surface area contributed by atoms with E-state index >= 15 is 0 Å². The first-order valence-electron chi connectivity index (χ1n) is 9.46. The zero-order valence-electron chi connectivity index (χ0n) is 16.9. The average Bonchev–Trinajstić information content (AvgIpc) is 2.68. The molecule has 0 saturated heterocycles. The van der Waals surface area contributed by atoms with Crippen molar-refractivity contribution >= 4 is 21.7 Å². The number of methoxy groups -OCH3 is 1. The van der Waals surface area contributed by atoms with Crippen molar-refractivity contribution in [3.05, 3.63) is 53.6 Å². The summed E-state index contributed by atoms with van der Waals surface area (Å²) in [7, 11) is -2.23. The zero-order valence-corrected chi connectivity index (χ0v) is 17.8. The van der Waals surface area contributed by atoms with Gasteiger partial charge < -0.3 is 15.2 Å². The van der Waals surface area contributed by atoms with Crippen molar-refractivity contribution in [1.82, 2.24) is 4.72 Å². The van der Waals surface area contributed by atoms with E-state index in [2.05, 4.69) is 23.9 Å². The van der Waals surface area contributed by atoms with Crippen LogP contribution in [-0.4, -0.2) is 39.7 Å². The maximum Gasteiger partial charge on any atom is 0.337 e. The Morgan fingerprint density at radius 1 is 1.10 bits per heavy atom. The summed E-state index contributed by atoms with van der Waals surface area (Å²) in [6, 6.07) is 11.5. The molecular weight excluding hydrogens is 392 g/mol. The number of nitrogens with one attached hydrogen (secondary N) is 2. The zero-order chi connectivity index (χ0) is 21.4. The molecule has 8 heteroatoms. The van der Waals surface area contributed by atoms with Crippen molar-refractivity contribution < 1.29 is 23.1 Å². The predicted octanol–water partition coefficient (Wildman–Crippen LogP) is 3.37. The van der Waals surface area contributed by atoms with Crippen LogP contribution in [0.3, 0.4) is 0 Å². The van der Waals surface area contributed by atoms with Gasteiger partial charge >= 0.3 is 5.97 Å². The van der Waals surface area contributed by atoms with Crippen LogP contribution in [0.1, 0.15) is 36.2 Å². The normalized spacial score (nSPS) is 11.4. The van der Waals surface area contributed by atoms with Crippen LogP contribution in [-0.2, 0) is 16.4 Å². The Balaban J connectivity index is 2.06. The summed E-state index contributed by atoms with van der Waals surface area (Å²) in [6.45, 7) is 4.97. The SMILES string of the molecule is COc1ccc(CCNS(=O)(=O)c2ccc(NCCC(C)C)c(C(=O)O)c2)cc1. The Morgan fingerprint density at radius 3 is 2.38 bits per heavy atom. The smallest absolute Gasteiger partial charge is 0.337 e. The molecule has 0 bridgehead atoms. The van der Waals surface area contributed by atoms with Gasteiger partial charge in [0.15, 0.2) is 0 Å². The van der Waals surface area contributed by atoms with E-state index in [1.54, 1.807) is 7.11 Å². The van der Waals surface area contributed by atoms with Gasteiger partial charge in [-0.25, -0.2) is 17.9 Å². The third-order valence-corrected chi connectivity index (χ3v) is 5.89. The molecule has 3 N–H and O–H groups in total. The largest absolute Gasteiger partial charge is 0.497 e. The molecular formula is C21H28N2O5S. The Morgan fingerprint density at radius 2 is 1.79 bits per heavy atom. The lowest BCUT2D eigenvalue weighted by Crippen LogP contribution is -2.26. The molecule has 0 aliphatic carbocycles. The maximum absolute atomic E-state index is 12.6. The molecule has 0 aliphatic heterocycles. The molecule has 0 spiro atoms. The van der Waals surface area contributed by atoms with E-state index in [0.29, 0.717) is 24.6 Å². The highest BCUT2D eigenvalue weighted by Gasteiger charge is 2.18. The van der Waals surface area contributed by atoms with E-state index < -0.39 is 16.0 Å². The molecule has 0 saturated carbocycles. The Bertz CT molecular complexity index is 925. The van der Waals surface area contributed by atoms with E-state index in [1.807, 2.05) is 24.3 Å². The fourth-order valence-corrected chi connectivity index (χ4v) is 3.78. The molecule has 0 amide bonds. The second-order valence-corrected chi connectivity index (χ2v) is 8.88. The van der Waals surface area contributed by atoms with E-state index in [-0.39, 0.29) is 17.0 Å². The lowest BCUT2D eigenvalue weighted by atomic mass is 10.1. The molecule has 29 heavy (non-hydrogen) atoms. The summed E-state index contributed by atoms with van der Waals surface area (Å²) in [5.41, 5.74) is 1.31. The molecule has 158 valence electrons. The Labute approximate surface area is 172 Å². The van der Waals surface area contributed by atoms with Gasteiger partial charge in [0.1, 0.15) is 5.75 Å². The Hall–Kier alpha value is -2.58. The standard InChI is InChI=1S/C21H28N2O5S/c1-15(2)10-12-22-20-9-8-18(14-19(20)21(24)25)29(26,27)23-13-11-16-4-6-17(28-3)7-5-16/h4-9,14-15,22-23H,10-13H2,1-3H3,(H,24,25). The molecule has 7 nitrogen and oxygen atoms in total. The number of hydrogen-bond donors (Lipinski definition) is 3. The topological polar surface area (TPSA) is 105 Å². The van der Waals surface area contributed by atoms with Gasteiger partial charge in [-0.1, -0.05) is 26.0 Å². The number of rotatable bonds is 11. The van der Waals surface area contributed by atoms with Crippen LogP contribution in [0.2, 0.25) is 0 Å². The van der Waals surface area contributed by atoms with Crippen LogP contribution in [0.15, 0.2) is 47.4 Å². The van der Waals surface area contributed by atoms with Crippen molar-refractivity contribution in [3.63, 3.8) is 0 Å². The number of anilines is 1. The minimum Gasteiger partial charge on any atom is -0.497 e. The van der Waals surface area contributed by atoms with Crippen LogP contribution in [0.5, 0.6) is 5.75 Å². The number of ether oxygens (including phenoxy) is 1. The van der Waals surface area contributed by atoms with Gasteiger partial charge in [-0.2, -0.15) is 0 Å². The van der Waals surface area contributed by atoms with Gasteiger partial charge in [0.05, 0.1) is 17.6 Å². The van der Waals surface area contributed by atoms with Crippen molar-refractivity contribution in [2.75, 3.05) is 25.5 Å². The summed E-state index contributed by atoms with van der Waals surface area (Å²) >= 11 is 0. The summed E-state index contributed by atoms with van der Waals surface area (Å²) < 4.78 is 32.8. The predicted molar refractivity (Wildman–Crippen MR) is 113 cm³/mol. The Kier molecular flexibility index (Phi) is 8.04. The average molecular weight is 421 g/mol. The first-order valence-corrected chi connectivity index (χ1v) is 10.9. The first-order chi connectivity index (χ1) is 13.7. The number of aromatic carboxylic acids is 1. The molecule has 2 aromatic rings. The fourth-order valence-electron chi connectivity index (χ4n) is 2.72. The number of carbonyl (C=O) groups is 1. The number of carboxylic acid groups (broad SMARTS) is 1. The van der Waals surface area contributed by atoms with Crippen LogP contribution < -0.4 is 14.8 Å². The van der Waals surface area contributed by atoms with Crippen molar-refractivity contribution in [3.8, 4) is 5.75 Å². The van der Waals surface area contributed by atoms with E-state index in [9.17, 15) is 18.3 Å². The number of sulfonamides is 1. The second-order valence-electron chi connectivity index (χ2n) is 7.12. The van der Waals surface area contributed by atoms with Crippen LogP contribution in [0.25, 0.3) is 0 Å². The quantitative estimate of drug-likeness (QED) is 0.515. The highest BCUT2D eigenvalue weighted by atomic mass is 32.2. The number of benzene rings is 2. The van der Waals surface area contributed by atoms with Crippen molar-refractivity contribution in [2.45, 2.75) is 31.6 Å². The minimum atomic E-state index is -3.82. The third-order valence-electron chi connectivity index (χ3n) is 4.43. The number of carboxylic acids is 1. The van der Waals surface area contributed by atoms with Gasteiger partial charge in [0.25, 0.3) is 0 Å². The van der Waals surface area contributed by atoms with Crippen LogP contribution in [0.4, 0.5) is 5.69 Å². The maximum atomic E-state index is 12.6. The van der Waals surface area contributed by atoms with Gasteiger partial charge in [-0.3, -0.25) is 0 Å². The van der Waals surface area contributed by atoms with E-state index in [4.69, 9.17) is 4.74 Å². The summed E-state index contributed by atoms with van der Waals surface area (Å²) in [6.07, 6.45) is 1.38. The fraction of sp³-hybridized carbons (Fsp3) is 0.381. The van der Waals surface area contributed by atoms with Crippen LogP contribution in [0, 0.1) is 5.92 Å². The monoisotopic (exact) mass is 420 g/mol. The second kappa shape index (κ2) is 10.3. The van der Waals surface area contributed by atoms with E-state index in [1.165, 1.54) is 18.2 Å². The highest BCUT2D eigenvalue weighted by Crippen LogP contribution is 2.21. The molecule has 0 radical (unpaired) electrons. The summed E-state index contributed by atoms with van der Waals surface area (Å²) in [4.78, 5) is 11.5. The van der Waals surface area contributed by atoms with Crippen LogP contribution >= 0.6 is 0 Å². The van der Waals surface area contributed by atoms with Crippen molar-refractivity contribution in [2.24, 2.45) is 5.92 Å². The molecule has 2 aromatic carbocycles. The van der Waals surface area contributed by atoms with Crippen molar-refractivity contribution in [1.29, 1.82) is 0 Å². The molecule has 0 aromatic heterocycles. The lowest BCUT2D eigenvalue weighted by molar-refractivity contribution is 0.0697. The lowest BCUT2D eigenvalue weighted by Gasteiger charge is -2.13. The first kappa shape index (κ1) is 22.7. The summed E-state index contributed by atoms with van der Waals surface area (Å²) in [5.74, 6) is 0.0373. The van der Waals surface area contributed by atoms with E-state index in [0.717, 1.165) is 17.7 Å². The molecule has 0 unspecified atom stereocenters. The number of hydrogen-bond acceptors (Lipinski definition) is 5. The van der Waals surface area contributed by atoms with Gasteiger partial charge in [0, 0.05) is 18.8 Å². The molecule has 2 rings (SSSR count).